The summed E-state index contributed by atoms with van der Waals surface area (Å²) in [5.41, 5.74) is 5.68. The van der Waals surface area contributed by atoms with Crippen molar-refractivity contribution in [1.82, 2.24) is 5.32 Å². The van der Waals surface area contributed by atoms with E-state index in [1.165, 1.54) is 0 Å². The molecular formula is C11H25N2O4P. The molecule has 0 aromatic carbocycles. The van der Waals surface area contributed by atoms with Gasteiger partial charge in [-0.2, -0.15) is 0 Å². The van der Waals surface area contributed by atoms with Gasteiger partial charge in [-0.25, -0.2) is 0 Å². The average Bonchev–Trinajstić information content (AvgIpc) is 2.13. The second-order valence-electron chi connectivity index (χ2n) is 5.48. The molecule has 0 heterocycles. The van der Waals surface area contributed by atoms with Gasteiger partial charge in [-0.05, 0) is 24.7 Å². The van der Waals surface area contributed by atoms with Gasteiger partial charge in [0.25, 0.3) is 0 Å². The van der Waals surface area contributed by atoms with E-state index in [9.17, 15) is 19.1 Å². The Balaban J connectivity index is 4.59. The highest BCUT2D eigenvalue weighted by Crippen LogP contribution is 2.42. The van der Waals surface area contributed by atoms with E-state index in [-0.39, 0.29) is 18.3 Å². The van der Waals surface area contributed by atoms with E-state index in [0.717, 1.165) is 0 Å². The van der Waals surface area contributed by atoms with Gasteiger partial charge < -0.3 is 20.8 Å². The molecule has 0 fully saturated rings. The van der Waals surface area contributed by atoms with E-state index in [1.54, 1.807) is 0 Å². The topological polar surface area (TPSA) is 113 Å². The van der Waals surface area contributed by atoms with Crippen molar-refractivity contribution in [3.8, 4) is 0 Å². The molecule has 108 valence electrons. The zero-order chi connectivity index (χ0) is 14.5. The molecule has 6 nitrogen and oxygen atoms in total. The van der Waals surface area contributed by atoms with Crippen LogP contribution in [-0.2, 0) is 9.36 Å². The molecule has 0 spiro atoms. The summed E-state index contributed by atoms with van der Waals surface area (Å²) >= 11 is 0. The lowest BCUT2D eigenvalue weighted by Gasteiger charge is -2.23. The van der Waals surface area contributed by atoms with Gasteiger partial charge in [-0.15, -0.1) is 0 Å². The predicted molar refractivity (Wildman–Crippen MR) is 70.9 cm³/mol. The van der Waals surface area contributed by atoms with Gasteiger partial charge in [0.1, 0.15) is 5.78 Å². The first kappa shape index (κ1) is 17.6. The molecule has 0 aromatic rings. The van der Waals surface area contributed by atoms with Crippen molar-refractivity contribution >= 4 is 13.5 Å². The number of hydrogen-bond acceptors (Lipinski definition) is 3. The largest absolute Gasteiger partial charge is 0.347 e. The summed E-state index contributed by atoms with van der Waals surface area (Å²) in [6, 6.07) is -0.730. The van der Waals surface area contributed by atoms with Crippen LogP contribution in [0.2, 0.25) is 0 Å². The van der Waals surface area contributed by atoms with Crippen LogP contribution < -0.4 is 11.1 Å². The number of hydrogen-bond donors (Lipinski definition) is 4. The van der Waals surface area contributed by atoms with Crippen LogP contribution >= 0.6 is 7.60 Å². The molecule has 18 heavy (non-hydrogen) atoms. The molecule has 0 aromatic heterocycles. The lowest BCUT2D eigenvalue weighted by molar-refractivity contribution is -0.123. The summed E-state index contributed by atoms with van der Waals surface area (Å²) < 4.78 is 11.3. The fourth-order valence-corrected chi connectivity index (χ4v) is 2.60. The van der Waals surface area contributed by atoms with Gasteiger partial charge >= 0.3 is 7.60 Å². The second-order valence-corrected chi connectivity index (χ2v) is 7.28. The predicted octanol–water partition coefficient (Wildman–Crippen LogP) is 1.03. The first-order chi connectivity index (χ1) is 8.04. The van der Waals surface area contributed by atoms with Crippen LogP contribution in [-0.4, -0.2) is 27.5 Å². The maximum absolute atomic E-state index is 11.7. The Morgan fingerprint density at radius 2 is 1.61 bits per heavy atom. The molecular weight excluding hydrogens is 255 g/mol. The summed E-state index contributed by atoms with van der Waals surface area (Å²) in [7, 11) is -4.35. The van der Waals surface area contributed by atoms with Crippen LogP contribution in [0.3, 0.4) is 0 Å². The standard InChI is InChI=1S/C11H25N2O4P/c1-7(2)5-9(12)11(14)13-10(6-8(3)4)18(15,16)17/h7-10H,5-6,12H2,1-4H3,(H,13,14)(H2,15,16,17)/t9-,10-/m0/s1. The minimum absolute atomic E-state index is 0.0734. The number of carbonyl (C=O) groups is 1. The maximum Gasteiger partial charge on any atom is 0.347 e. The Morgan fingerprint density at radius 1 is 1.17 bits per heavy atom. The van der Waals surface area contributed by atoms with Crippen molar-refractivity contribution in [2.24, 2.45) is 17.6 Å². The summed E-state index contributed by atoms with van der Waals surface area (Å²) in [6.07, 6.45) is 0.714. The summed E-state index contributed by atoms with van der Waals surface area (Å²) in [4.78, 5) is 30.1. The SMILES string of the molecule is CC(C)C[C@H](N)C(=O)N[C@H](CC(C)C)P(=O)(O)O. The zero-order valence-electron chi connectivity index (χ0n) is 11.5. The van der Waals surface area contributed by atoms with Crippen molar-refractivity contribution in [3.05, 3.63) is 0 Å². The smallest absolute Gasteiger partial charge is 0.341 e. The van der Waals surface area contributed by atoms with E-state index >= 15 is 0 Å². The van der Waals surface area contributed by atoms with E-state index in [4.69, 9.17) is 5.73 Å². The van der Waals surface area contributed by atoms with Crippen LogP contribution in [0.25, 0.3) is 0 Å². The molecule has 0 saturated carbocycles. The Morgan fingerprint density at radius 3 is 1.94 bits per heavy atom. The molecule has 0 rings (SSSR count). The van der Waals surface area contributed by atoms with E-state index in [2.05, 4.69) is 5.32 Å². The molecule has 0 aliphatic carbocycles. The molecule has 0 aliphatic heterocycles. The quantitative estimate of drug-likeness (QED) is 0.520. The highest BCUT2D eigenvalue weighted by molar-refractivity contribution is 7.52. The van der Waals surface area contributed by atoms with Gasteiger partial charge in [0.05, 0.1) is 6.04 Å². The number of carbonyl (C=O) groups excluding carboxylic acids is 1. The maximum atomic E-state index is 11.7. The molecule has 0 saturated heterocycles. The molecule has 0 aliphatic rings. The fourth-order valence-electron chi connectivity index (χ4n) is 1.61. The molecule has 7 heteroatoms. The van der Waals surface area contributed by atoms with Crippen LogP contribution in [0.4, 0.5) is 0 Å². The van der Waals surface area contributed by atoms with E-state index in [1.807, 2.05) is 27.7 Å². The van der Waals surface area contributed by atoms with Gasteiger partial charge in [-0.3, -0.25) is 9.36 Å². The third-order valence-electron chi connectivity index (χ3n) is 2.47. The highest BCUT2D eigenvalue weighted by Gasteiger charge is 2.32. The van der Waals surface area contributed by atoms with E-state index in [0.29, 0.717) is 6.42 Å². The minimum atomic E-state index is -4.35. The molecule has 1 amide bonds. The number of nitrogens with two attached hydrogens (primary N) is 1. The molecule has 0 unspecified atom stereocenters. The van der Waals surface area contributed by atoms with Crippen LogP contribution in [0.15, 0.2) is 0 Å². The van der Waals surface area contributed by atoms with Crippen LogP contribution in [0, 0.1) is 11.8 Å². The monoisotopic (exact) mass is 280 g/mol. The Kier molecular flexibility index (Phi) is 7.07. The Hall–Kier alpha value is -0.420. The normalized spacial score (nSPS) is 15.8. The van der Waals surface area contributed by atoms with Crippen LogP contribution in [0.5, 0.6) is 0 Å². The lowest BCUT2D eigenvalue weighted by Crippen LogP contribution is -2.46. The van der Waals surface area contributed by atoms with Crippen molar-refractivity contribution in [2.45, 2.75) is 52.4 Å². The lowest BCUT2D eigenvalue weighted by atomic mass is 10.0. The second kappa shape index (κ2) is 7.24. The number of rotatable bonds is 7. The van der Waals surface area contributed by atoms with Crippen LogP contribution in [0.1, 0.15) is 40.5 Å². The Bertz CT molecular complexity index is 314. The molecule has 0 radical (unpaired) electrons. The van der Waals surface area contributed by atoms with Crippen molar-refractivity contribution in [3.63, 3.8) is 0 Å². The van der Waals surface area contributed by atoms with Crippen molar-refractivity contribution < 1.29 is 19.1 Å². The van der Waals surface area contributed by atoms with Gasteiger partial charge in [0.2, 0.25) is 5.91 Å². The van der Waals surface area contributed by atoms with Gasteiger partial charge in [-0.1, -0.05) is 27.7 Å². The third kappa shape index (κ3) is 7.11. The summed E-state index contributed by atoms with van der Waals surface area (Å²) in [6.45, 7) is 7.54. The first-order valence-electron chi connectivity index (χ1n) is 6.15. The van der Waals surface area contributed by atoms with Gasteiger partial charge in [0, 0.05) is 0 Å². The summed E-state index contributed by atoms with van der Waals surface area (Å²) in [5, 5.41) is 2.37. The van der Waals surface area contributed by atoms with Gasteiger partial charge in [0.15, 0.2) is 0 Å². The number of nitrogens with one attached hydrogen (secondary N) is 1. The average molecular weight is 280 g/mol. The molecule has 0 bridgehead atoms. The first-order valence-corrected chi connectivity index (χ1v) is 7.83. The molecule has 2 atom stereocenters. The number of amides is 1. The zero-order valence-corrected chi connectivity index (χ0v) is 12.4. The van der Waals surface area contributed by atoms with E-state index < -0.39 is 25.3 Å². The van der Waals surface area contributed by atoms with Crippen molar-refractivity contribution in [1.29, 1.82) is 0 Å². The Labute approximate surface area is 108 Å². The van der Waals surface area contributed by atoms with Crippen molar-refractivity contribution in [2.75, 3.05) is 0 Å². The fraction of sp³-hybridized carbons (Fsp3) is 0.909. The summed E-state index contributed by atoms with van der Waals surface area (Å²) in [5.74, 6) is -1.32. The third-order valence-corrected chi connectivity index (χ3v) is 3.62. The minimum Gasteiger partial charge on any atom is -0.341 e. The molecule has 5 N–H and O–H groups in total. The highest BCUT2D eigenvalue weighted by atomic mass is 31.2.